The number of rotatable bonds is 5. The Kier molecular flexibility index (Phi) is 4.86. The van der Waals surface area contributed by atoms with Crippen LogP contribution in [0.15, 0.2) is 65.5 Å². The van der Waals surface area contributed by atoms with E-state index < -0.39 is 0 Å². The lowest BCUT2D eigenvalue weighted by atomic mass is 10.1. The van der Waals surface area contributed by atoms with Gasteiger partial charge >= 0.3 is 0 Å². The molecule has 28 heavy (non-hydrogen) atoms. The zero-order valence-corrected chi connectivity index (χ0v) is 15.8. The van der Waals surface area contributed by atoms with Gasteiger partial charge in [-0.1, -0.05) is 35.6 Å². The van der Waals surface area contributed by atoms with E-state index in [-0.39, 0.29) is 18.0 Å². The molecule has 0 aliphatic carbocycles. The predicted octanol–water partition coefficient (Wildman–Crippen LogP) is 3.17. The van der Waals surface area contributed by atoms with E-state index in [4.69, 9.17) is 4.74 Å². The van der Waals surface area contributed by atoms with Crippen molar-refractivity contribution in [2.75, 3.05) is 12.4 Å². The van der Waals surface area contributed by atoms with Gasteiger partial charge in [0, 0.05) is 11.6 Å². The number of fused-ring (bicyclic) bond motifs is 1. The summed E-state index contributed by atoms with van der Waals surface area (Å²) in [6.45, 7) is -0.211. The van der Waals surface area contributed by atoms with Crippen molar-refractivity contribution in [2.24, 2.45) is 0 Å². The molecule has 0 saturated heterocycles. The molecule has 0 radical (unpaired) electrons. The number of amides is 1. The Morgan fingerprint density at radius 3 is 2.71 bits per heavy atom. The van der Waals surface area contributed by atoms with Crippen LogP contribution < -0.4 is 15.6 Å². The van der Waals surface area contributed by atoms with Crippen LogP contribution in [0.1, 0.15) is 0 Å². The minimum absolute atomic E-state index is 0.211. The summed E-state index contributed by atoms with van der Waals surface area (Å²) in [5, 5.41) is 7.54. The molecule has 8 heteroatoms. The third-order valence-electron chi connectivity index (χ3n) is 4.08. The number of aromatic nitrogens is 3. The highest BCUT2D eigenvalue weighted by molar-refractivity contribution is 7.22. The lowest BCUT2D eigenvalue weighted by Crippen LogP contribution is -2.29. The zero-order chi connectivity index (χ0) is 19.5. The fourth-order valence-corrected chi connectivity index (χ4v) is 3.66. The molecule has 4 rings (SSSR count). The summed E-state index contributed by atoms with van der Waals surface area (Å²) in [5.41, 5.74) is 1.74. The summed E-state index contributed by atoms with van der Waals surface area (Å²) in [6.07, 6.45) is 0. The molecular formula is C20H16N4O3S. The average Bonchev–Trinajstić information content (AvgIpc) is 3.11. The van der Waals surface area contributed by atoms with Gasteiger partial charge in [-0.05, 0) is 30.3 Å². The van der Waals surface area contributed by atoms with Crippen molar-refractivity contribution in [3.05, 3.63) is 71.0 Å². The van der Waals surface area contributed by atoms with Crippen molar-refractivity contribution < 1.29 is 9.53 Å². The van der Waals surface area contributed by atoms with Crippen LogP contribution in [-0.2, 0) is 11.3 Å². The van der Waals surface area contributed by atoms with Crippen molar-refractivity contribution in [3.63, 3.8) is 0 Å². The Hall–Kier alpha value is -3.52. The van der Waals surface area contributed by atoms with Gasteiger partial charge in [0.1, 0.15) is 12.3 Å². The van der Waals surface area contributed by atoms with Crippen molar-refractivity contribution >= 4 is 32.6 Å². The molecule has 0 spiro atoms. The van der Waals surface area contributed by atoms with Crippen LogP contribution in [0.25, 0.3) is 21.5 Å². The maximum absolute atomic E-state index is 12.4. The minimum Gasteiger partial charge on any atom is -0.496 e. The quantitative estimate of drug-likeness (QED) is 0.564. The molecule has 0 aliphatic heterocycles. The van der Waals surface area contributed by atoms with Gasteiger partial charge in [-0.15, -0.1) is 0 Å². The topological polar surface area (TPSA) is 86.1 Å². The summed E-state index contributed by atoms with van der Waals surface area (Å²) in [6, 6.07) is 18.0. The average molecular weight is 392 g/mol. The van der Waals surface area contributed by atoms with Gasteiger partial charge in [-0.2, -0.15) is 5.10 Å². The number of carbonyl (C=O) groups is 1. The number of carbonyl (C=O) groups excluding carboxylic acids is 1. The van der Waals surface area contributed by atoms with E-state index in [1.165, 1.54) is 17.4 Å². The van der Waals surface area contributed by atoms with Crippen molar-refractivity contribution in [2.45, 2.75) is 6.54 Å². The summed E-state index contributed by atoms with van der Waals surface area (Å²) in [5.74, 6) is 0.268. The van der Waals surface area contributed by atoms with Gasteiger partial charge in [0.2, 0.25) is 5.91 Å². The Balaban J connectivity index is 1.57. The second-order valence-electron chi connectivity index (χ2n) is 5.95. The lowest BCUT2D eigenvalue weighted by molar-refractivity contribution is -0.117. The van der Waals surface area contributed by atoms with Crippen molar-refractivity contribution in [3.8, 4) is 17.0 Å². The molecule has 4 aromatic rings. The number of nitrogens with one attached hydrogen (secondary N) is 1. The molecular weight excluding hydrogens is 376 g/mol. The van der Waals surface area contributed by atoms with E-state index in [2.05, 4.69) is 15.4 Å². The van der Waals surface area contributed by atoms with E-state index in [0.29, 0.717) is 16.6 Å². The number of benzene rings is 2. The monoisotopic (exact) mass is 392 g/mol. The van der Waals surface area contributed by atoms with Crippen LogP contribution in [0, 0.1) is 0 Å². The largest absolute Gasteiger partial charge is 0.496 e. The third-order valence-corrected chi connectivity index (χ3v) is 5.03. The van der Waals surface area contributed by atoms with E-state index in [0.717, 1.165) is 20.5 Å². The highest BCUT2D eigenvalue weighted by Crippen LogP contribution is 2.27. The molecule has 7 nitrogen and oxygen atoms in total. The first-order valence-electron chi connectivity index (χ1n) is 8.51. The molecule has 2 aromatic carbocycles. The number of hydrogen-bond acceptors (Lipinski definition) is 6. The smallest absolute Gasteiger partial charge is 0.267 e. The lowest BCUT2D eigenvalue weighted by Gasteiger charge is -2.10. The molecule has 0 aliphatic rings. The zero-order valence-electron chi connectivity index (χ0n) is 15.0. The van der Waals surface area contributed by atoms with E-state index >= 15 is 0 Å². The maximum Gasteiger partial charge on any atom is 0.267 e. The molecule has 0 saturated carbocycles. The molecule has 2 heterocycles. The Bertz CT molecular complexity index is 1180. The first kappa shape index (κ1) is 17.9. The van der Waals surface area contributed by atoms with Gasteiger partial charge < -0.3 is 10.1 Å². The van der Waals surface area contributed by atoms with E-state index in [9.17, 15) is 9.59 Å². The Labute approximate surface area is 164 Å². The molecule has 2 aromatic heterocycles. The predicted molar refractivity (Wildman–Crippen MR) is 109 cm³/mol. The summed E-state index contributed by atoms with van der Waals surface area (Å²) in [4.78, 5) is 28.9. The van der Waals surface area contributed by atoms with Gasteiger partial charge in [-0.3, -0.25) is 9.59 Å². The first-order valence-corrected chi connectivity index (χ1v) is 9.32. The number of hydrogen-bond donors (Lipinski definition) is 1. The van der Waals surface area contributed by atoms with Gasteiger partial charge in [0.15, 0.2) is 5.13 Å². The highest BCUT2D eigenvalue weighted by atomic mass is 32.1. The standard InChI is InChI=1S/C20H16N4O3S/c1-27-16-8-4-2-6-13(16)14-10-11-19(26)24(23-14)12-18(25)22-20-21-15-7-3-5-9-17(15)28-20/h2-11H,12H2,1H3,(H,21,22,25). The maximum atomic E-state index is 12.4. The van der Waals surface area contributed by atoms with E-state index in [1.807, 2.05) is 48.5 Å². The Morgan fingerprint density at radius 1 is 1.11 bits per heavy atom. The molecule has 0 bridgehead atoms. The number of ether oxygens (including phenoxy) is 1. The van der Waals surface area contributed by atoms with Crippen molar-refractivity contribution in [1.29, 1.82) is 0 Å². The number of anilines is 1. The van der Waals surface area contributed by atoms with Crippen molar-refractivity contribution in [1.82, 2.24) is 14.8 Å². The molecule has 1 N–H and O–H groups in total. The third kappa shape index (κ3) is 3.63. The second kappa shape index (κ2) is 7.61. The number of para-hydroxylation sites is 2. The van der Waals surface area contributed by atoms with Crippen LogP contribution in [0.4, 0.5) is 5.13 Å². The summed E-state index contributed by atoms with van der Waals surface area (Å²) in [7, 11) is 1.57. The molecule has 0 atom stereocenters. The normalized spacial score (nSPS) is 10.8. The summed E-state index contributed by atoms with van der Waals surface area (Å²) < 4.78 is 7.45. The van der Waals surface area contributed by atoms with Crippen LogP contribution in [0.3, 0.4) is 0 Å². The first-order chi connectivity index (χ1) is 13.6. The van der Waals surface area contributed by atoms with Crippen LogP contribution in [-0.4, -0.2) is 27.8 Å². The van der Waals surface area contributed by atoms with Gasteiger partial charge in [0.25, 0.3) is 5.56 Å². The molecule has 140 valence electrons. The van der Waals surface area contributed by atoms with E-state index in [1.54, 1.807) is 13.2 Å². The fraction of sp³-hybridized carbons (Fsp3) is 0.100. The fourth-order valence-electron chi connectivity index (χ4n) is 2.78. The summed E-state index contributed by atoms with van der Waals surface area (Å²) >= 11 is 1.38. The highest BCUT2D eigenvalue weighted by Gasteiger charge is 2.12. The molecule has 0 unspecified atom stereocenters. The van der Waals surface area contributed by atoms with Gasteiger partial charge in [0.05, 0.1) is 23.0 Å². The minimum atomic E-state index is -0.370. The molecule has 1 amide bonds. The number of methoxy groups -OCH3 is 1. The van der Waals surface area contributed by atoms with Gasteiger partial charge in [-0.25, -0.2) is 9.67 Å². The number of nitrogens with zero attached hydrogens (tertiary/aromatic N) is 3. The van der Waals surface area contributed by atoms with Crippen LogP contribution in [0.2, 0.25) is 0 Å². The molecule has 0 fully saturated rings. The Morgan fingerprint density at radius 2 is 1.89 bits per heavy atom. The van der Waals surface area contributed by atoms with Crippen LogP contribution in [0.5, 0.6) is 5.75 Å². The second-order valence-corrected chi connectivity index (χ2v) is 6.98. The SMILES string of the molecule is COc1ccccc1-c1ccc(=O)n(CC(=O)Nc2nc3ccccc3s2)n1. The number of thiazole rings is 1. The van der Waals surface area contributed by atoms with Crippen LogP contribution >= 0.6 is 11.3 Å².